The average Bonchev–Trinajstić information content (AvgIpc) is 2.90. The summed E-state index contributed by atoms with van der Waals surface area (Å²) in [5.74, 6) is 1.17. The lowest BCUT2D eigenvalue weighted by Gasteiger charge is -2.25. The highest BCUT2D eigenvalue weighted by atomic mass is 16.1. The molecule has 1 heterocycles. The minimum atomic E-state index is 0.147. The summed E-state index contributed by atoms with van der Waals surface area (Å²) in [7, 11) is 0. The van der Waals surface area contributed by atoms with Gasteiger partial charge < -0.3 is 5.32 Å². The molecule has 1 N–H and O–H groups in total. The Morgan fingerprint density at radius 3 is 2.85 bits per heavy atom. The largest absolute Gasteiger partial charge is 0.355 e. The first kappa shape index (κ1) is 19.7. The Bertz CT molecular complexity index is 791. The number of carbonyl (C=O) groups is 1. The van der Waals surface area contributed by atoms with E-state index in [9.17, 15) is 4.79 Å². The van der Waals surface area contributed by atoms with Crippen LogP contribution in [0.1, 0.15) is 67.1 Å². The number of hydrogen-bond donors (Lipinski definition) is 1. The van der Waals surface area contributed by atoms with Gasteiger partial charge in [-0.15, -0.1) is 0 Å². The number of fused-ring (bicyclic) bond motifs is 1. The lowest BCUT2D eigenvalue weighted by Crippen LogP contribution is -2.30. The standard InChI is InChI=1S/C23H33N3O/c1-16(2)15-26-18(4)21(17(3)25-26)12-13-23(27)24-14-20-10-7-9-19-8-5-6-11-22(19)20/h5-6,8,11,16,20H,7,9-10,12-15H2,1-4H3,(H,24,27). The van der Waals surface area contributed by atoms with Gasteiger partial charge in [0.25, 0.3) is 0 Å². The molecule has 1 aromatic carbocycles. The fourth-order valence-electron chi connectivity index (χ4n) is 4.25. The number of nitrogens with zero attached hydrogens (tertiary/aromatic N) is 2. The predicted octanol–water partition coefficient (Wildman–Crippen LogP) is 4.32. The van der Waals surface area contributed by atoms with Crippen LogP contribution in [0.5, 0.6) is 0 Å². The van der Waals surface area contributed by atoms with Crippen LogP contribution in [0.4, 0.5) is 0 Å². The molecule has 0 spiro atoms. The number of rotatable bonds is 7. The number of aromatic nitrogens is 2. The lowest BCUT2D eigenvalue weighted by molar-refractivity contribution is -0.121. The predicted molar refractivity (Wildman–Crippen MR) is 110 cm³/mol. The summed E-state index contributed by atoms with van der Waals surface area (Å²) in [5.41, 5.74) is 6.36. The molecule has 1 atom stereocenters. The van der Waals surface area contributed by atoms with Crippen LogP contribution in [0.3, 0.4) is 0 Å². The molecule has 0 bridgehead atoms. The zero-order chi connectivity index (χ0) is 19.4. The number of aryl methyl sites for hydroxylation is 2. The monoisotopic (exact) mass is 367 g/mol. The van der Waals surface area contributed by atoms with Gasteiger partial charge in [-0.25, -0.2) is 0 Å². The number of nitrogens with one attached hydrogen (secondary N) is 1. The van der Waals surface area contributed by atoms with Crippen LogP contribution >= 0.6 is 0 Å². The van der Waals surface area contributed by atoms with E-state index in [1.165, 1.54) is 35.2 Å². The van der Waals surface area contributed by atoms with Crippen molar-refractivity contribution in [3.63, 3.8) is 0 Å². The molecule has 0 saturated heterocycles. The van der Waals surface area contributed by atoms with Crippen LogP contribution in [0, 0.1) is 19.8 Å². The third-order valence-electron chi connectivity index (χ3n) is 5.71. The first-order valence-corrected chi connectivity index (χ1v) is 10.3. The molecule has 4 heteroatoms. The van der Waals surface area contributed by atoms with Gasteiger partial charge in [-0.1, -0.05) is 38.1 Å². The minimum absolute atomic E-state index is 0.147. The molecule has 1 aromatic heterocycles. The van der Waals surface area contributed by atoms with E-state index in [1.807, 2.05) is 0 Å². The molecular weight excluding hydrogens is 334 g/mol. The summed E-state index contributed by atoms with van der Waals surface area (Å²) in [6.45, 7) is 10.3. The van der Waals surface area contributed by atoms with E-state index in [1.54, 1.807) is 0 Å². The second-order valence-corrected chi connectivity index (χ2v) is 8.32. The summed E-state index contributed by atoms with van der Waals surface area (Å²) < 4.78 is 2.09. The van der Waals surface area contributed by atoms with Crippen LogP contribution in [-0.2, 0) is 24.2 Å². The highest BCUT2D eigenvalue weighted by Crippen LogP contribution is 2.30. The Hall–Kier alpha value is -2.10. The number of carbonyl (C=O) groups excluding carboxylic acids is 1. The first-order valence-electron chi connectivity index (χ1n) is 10.3. The Morgan fingerprint density at radius 1 is 1.30 bits per heavy atom. The van der Waals surface area contributed by atoms with Crippen molar-refractivity contribution in [1.29, 1.82) is 0 Å². The van der Waals surface area contributed by atoms with Crippen molar-refractivity contribution in [2.75, 3.05) is 6.54 Å². The van der Waals surface area contributed by atoms with Crippen molar-refractivity contribution in [1.82, 2.24) is 15.1 Å². The van der Waals surface area contributed by atoms with Gasteiger partial charge in [0.15, 0.2) is 0 Å². The van der Waals surface area contributed by atoms with E-state index in [2.05, 4.69) is 67.1 Å². The third kappa shape index (κ3) is 4.79. The fraction of sp³-hybridized carbons (Fsp3) is 0.565. The number of benzene rings is 1. The van der Waals surface area contributed by atoms with Gasteiger partial charge in [0.1, 0.15) is 0 Å². The van der Waals surface area contributed by atoms with Crippen LogP contribution in [0.2, 0.25) is 0 Å². The van der Waals surface area contributed by atoms with E-state index >= 15 is 0 Å². The zero-order valence-electron chi connectivity index (χ0n) is 17.2. The van der Waals surface area contributed by atoms with Gasteiger partial charge in [-0.3, -0.25) is 9.48 Å². The second-order valence-electron chi connectivity index (χ2n) is 8.32. The summed E-state index contributed by atoms with van der Waals surface area (Å²) in [5, 5.41) is 7.83. The quantitative estimate of drug-likeness (QED) is 0.792. The molecular formula is C23H33N3O. The molecule has 27 heavy (non-hydrogen) atoms. The smallest absolute Gasteiger partial charge is 0.220 e. The van der Waals surface area contributed by atoms with Crippen molar-refractivity contribution in [2.24, 2.45) is 5.92 Å². The Morgan fingerprint density at radius 2 is 2.07 bits per heavy atom. The van der Waals surface area contributed by atoms with Gasteiger partial charge in [-0.05, 0) is 62.1 Å². The maximum absolute atomic E-state index is 12.4. The fourth-order valence-corrected chi connectivity index (χ4v) is 4.25. The van der Waals surface area contributed by atoms with Gasteiger partial charge in [0.05, 0.1) is 5.69 Å². The van der Waals surface area contributed by atoms with Gasteiger partial charge in [0.2, 0.25) is 5.91 Å². The Labute approximate surface area is 163 Å². The Kier molecular flexibility index (Phi) is 6.35. The summed E-state index contributed by atoms with van der Waals surface area (Å²) in [4.78, 5) is 12.4. The molecule has 4 nitrogen and oxygen atoms in total. The number of hydrogen-bond acceptors (Lipinski definition) is 2. The van der Waals surface area contributed by atoms with Crippen molar-refractivity contribution in [3.05, 3.63) is 52.3 Å². The minimum Gasteiger partial charge on any atom is -0.355 e. The van der Waals surface area contributed by atoms with Crippen LogP contribution < -0.4 is 5.32 Å². The van der Waals surface area contributed by atoms with Gasteiger partial charge >= 0.3 is 0 Å². The van der Waals surface area contributed by atoms with E-state index in [-0.39, 0.29) is 5.91 Å². The SMILES string of the molecule is Cc1nn(CC(C)C)c(C)c1CCC(=O)NCC1CCCc2ccccc21. The topological polar surface area (TPSA) is 46.9 Å². The van der Waals surface area contributed by atoms with E-state index in [4.69, 9.17) is 0 Å². The molecule has 0 saturated carbocycles. The molecule has 1 unspecified atom stereocenters. The Balaban J connectivity index is 1.53. The zero-order valence-corrected chi connectivity index (χ0v) is 17.2. The normalized spacial score (nSPS) is 16.4. The number of amides is 1. The highest BCUT2D eigenvalue weighted by Gasteiger charge is 2.20. The molecule has 2 aromatic rings. The van der Waals surface area contributed by atoms with Crippen molar-refractivity contribution in [3.8, 4) is 0 Å². The summed E-state index contributed by atoms with van der Waals surface area (Å²) >= 11 is 0. The van der Waals surface area contributed by atoms with E-state index in [0.717, 1.165) is 31.6 Å². The maximum atomic E-state index is 12.4. The summed E-state index contributed by atoms with van der Waals surface area (Å²) in [6.07, 6.45) is 4.84. The van der Waals surface area contributed by atoms with Crippen LogP contribution in [0.25, 0.3) is 0 Å². The van der Waals surface area contributed by atoms with Crippen molar-refractivity contribution in [2.45, 2.75) is 72.3 Å². The first-order chi connectivity index (χ1) is 13.0. The summed E-state index contributed by atoms with van der Waals surface area (Å²) in [6, 6.07) is 8.67. The molecule has 1 aliphatic carbocycles. The molecule has 1 aliphatic rings. The molecule has 0 aliphatic heterocycles. The van der Waals surface area contributed by atoms with Gasteiger partial charge in [0, 0.05) is 31.1 Å². The van der Waals surface area contributed by atoms with Crippen molar-refractivity contribution < 1.29 is 4.79 Å². The highest BCUT2D eigenvalue weighted by molar-refractivity contribution is 5.76. The molecule has 0 radical (unpaired) electrons. The molecule has 3 rings (SSSR count). The molecule has 0 fully saturated rings. The van der Waals surface area contributed by atoms with Crippen LogP contribution in [-0.4, -0.2) is 22.2 Å². The van der Waals surface area contributed by atoms with E-state index in [0.29, 0.717) is 18.3 Å². The second kappa shape index (κ2) is 8.73. The lowest BCUT2D eigenvalue weighted by atomic mass is 9.83. The maximum Gasteiger partial charge on any atom is 0.220 e. The van der Waals surface area contributed by atoms with Crippen molar-refractivity contribution >= 4 is 5.91 Å². The van der Waals surface area contributed by atoms with Gasteiger partial charge in [-0.2, -0.15) is 5.10 Å². The van der Waals surface area contributed by atoms with Crippen LogP contribution in [0.15, 0.2) is 24.3 Å². The average molecular weight is 368 g/mol. The van der Waals surface area contributed by atoms with E-state index < -0.39 is 0 Å². The molecule has 1 amide bonds. The molecule has 146 valence electrons. The third-order valence-corrected chi connectivity index (χ3v) is 5.71.